The summed E-state index contributed by atoms with van der Waals surface area (Å²) in [5, 5.41) is 22.8. The Hall–Kier alpha value is -1.94. The molecule has 2 atom stereocenters. The highest BCUT2D eigenvalue weighted by Crippen LogP contribution is 2.21. The van der Waals surface area contributed by atoms with Gasteiger partial charge >= 0.3 is 0 Å². The molecule has 0 aliphatic heterocycles. The first-order valence-electron chi connectivity index (χ1n) is 7.04. The molecule has 3 N–H and O–H groups in total. The van der Waals surface area contributed by atoms with E-state index in [0.29, 0.717) is 0 Å². The fourth-order valence-electron chi connectivity index (χ4n) is 2.24. The maximum absolute atomic E-state index is 9.88. The van der Waals surface area contributed by atoms with Crippen molar-refractivity contribution < 1.29 is 10.2 Å². The molecular weight excluding hydrogens is 262 g/mol. The summed E-state index contributed by atoms with van der Waals surface area (Å²) in [5.41, 5.74) is 2.23. The summed E-state index contributed by atoms with van der Waals surface area (Å²) in [6, 6.07) is 20.0. The molecule has 0 saturated heterocycles. The van der Waals surface area contributed by atoms with Crippen LogP contribution in [-0.4, -0.2) is 29.0 Å². The molecular formula is C18H21NO2. The van der Waals surface area contributed by atoms with Gasteiger partial charge in [0.15, 0.2) is 0 Å². The van der Waals surface area contributed by atoms with Gasteiger partial charge in [0.2, 0.25) is 0 Å². The Morgan fingerprint density at radius 3 is 1.81 bits per heavy atom. The van der Waals surface area contributed by atoms with E-state index in [1.54, 1.807) is 0 Å². The van der Waals surface area contributed by atoms with Crippen LogP contribution in [-0.2, 0) is 0 Å². The van der Waals surface area contributed by atoms with E-state index in [4.69, 9.17) is 0 Å². The van der Waals surface area contributed by atoms with Gasteiger partial charge in [-0.2, -0.15) is 0 Å². The Balaban J connectivity index is 2.16. The quantitative estimate of drug-likeness (QED) is 0.683. The number of hydrogen-bond donors (Lipinski definition) is 3. The van der Waals surface area contributed by atoms with E-state index in [9.17, 15) is 10.2 Å². The van der Waals surface area contributed by atoms with Crippen LogP contribution in [0.4, 0.5) is 0 Å². The third-order valence-electron chi connectivity index (χ3n) is 3.43. The summed E-state index contributed by atoms with van der Waals surface area (Å²) in [7, 11) is 0. The molecule has 0 spiro atoms. The van der Waals surface area contributed by atoms with Gasteiger partial charge in [-0.3, -0.25) is 0 Å². The average molecular weight is 283 g/mol. The Kier molecular flexibility index (Phi) is 5.69. The summed E-state index contributed by atoms with van der Waals surface area (Å²) in [6.45, 7) is 3.77. The van der Waals surface area contributed by atoms with Crippen molar-refractivity contribution in [3.8, 4) is 0 Å². The smallest absolute Gasteiger partial charge is 0.0989 e. The number of aliphatic hydroxyl groups is 2. The molecule has 21 heavy (non-hydrogen) atoms. The second-order valence-corrected chi connectivity index (χ2v) is 4.96. The highest BCUT2D eigenvalue weighted by molar-refractivity contribution is 5.31. The maximum atomic E-state index is 9.88. The molecule has 0 bridgehead atoms. The third-order valence-corrected chi connectivity index (χ3v) is 3.43. The first-order chi connectivity index (χ1) is 10.2. The fraction of sp³-hybridized carbons (Fsp3) is 0.222. The number of nitrogens with one attached hydrogen (secondary N) is 1. The van der Waals surface area contributed by atoms with Gasteiger partial charge in [0, 0.05) is 6.54 Å². The van der Waals surface area contributed by atoms with Crippen molar-refractivity contribution in [2.24, 2.45) is 0 Å². The Morgan fingerprint density at radius 2 is 1.38 bits per heavy atom. The maximum Gasteiger partial charge on any atom is 0.0989 e. The lowest BCUT2D eigenvalue weighted by atomic mass is 9.98. The molecule has 0 aliphatic rings. The highest BCUT2D eigenvalue weighted by atomic mass is 16.3. The van der Waals surface area contributed by atoms with E-state index in [1.165, 1.54) is 6.08 Å². The molecule has 2 aromatic carbocycles. The van der Waals surface area contributed by atoms with E-state index < -0.39 is 12.2 Å². The Morgan fingerprint density at radius 1 is 0.905 bits per heavy atom. The monoisotopic (exact) mass is 283 g/mol. The van der Waals surface area contributed by atoms with Gasteiger partial charge in [0.25, 0.3) is 0 Å². The molecule has 0 heterocycles. The van der Waals surface area contributed by atoms with Gasteiger partial charge in [0.05, 0.1) is 18.2 Å². The second-order valence-electron chi connectivity index (χ2n) is 4.96. The lowest BCUT2D eigenvalue weighted by Gasteiger charge is -2.23. The minimum absolute atomic E-state index is 0.0286. The van der Waals surface area contributed by atoms with Gasteiger partial charge in [-0.1, -0.05) is 66.7 Å². The van der Waals surface area contributed by atoms with Crippen molar-refractivity contribution in [2.45, 2.75) is 18.2 Å². The van der Waals surface area contributed by atoms with Crippen LogP contribution in [0.2, 0.25) is 0 Å². The molecule has 0 fully saturated rings. The van der Waals surface area contributed by atoms with E-state index >= 15 is 0 Å². The lowest BCUT2D eigenvalue weighted by molar-refractivity contribution is 0.0481. The zero-order chi connectivity index (χ0) is 15.1. The van der Waals surface area contributed by atoms with E-state index in [0.717, 1.165) is 11.1 Å². The van der Waals surface area contributed by atoms with Gasteiger partial charge in [-0.25, -0.2) is 0 Å². The van der Waals surface area contributed by atoms with Crippen LogP contribution >= 0.6 is 0 Å². The van der Waals surface area contributed by atoms with Crippen molar-refractivity contribution in [1.29, 1.82) is 0 Å². The normalized spacial score (nSPS) is 13.9. The highest BCUT2D eigenvalue weighted by Gasteiger charge is 2.17. The van der Waals surface area contributed by atoms with Crippen LogP contribution in [0.3, 0.4) is 0 Å². The summed E-state index contributed by atoms with van der Waals surface area (Å²) >= 11 is 0. The largest absolute Gasteiger partial charge is 0.389 e. The molecule has 0 amide bonds. The second kappa shape index (κ2) is 7.74. The Labute approximate surface area is 125 Å². The Bertz CT molecular complexity index is 502. The van der Waals surface area contributed by atoms with Crippen molar-refractivity contribution in [3.63, 3.8) is 0 Å². The molecule has 0 unspecified atom stereocenters. The number of rotatable bonds is 7. The molecule has 2 aromatic rings. The van der Waals surface area contributed by atoms with Crippen molar-refractivity contribution in [1.82, 2.24) is 5.32 Å². The zero-order valence-electron chi connectivity index (χ0n) is 11.9. The molecule has 2 rings (SSSR count). The van der Waals surface area contributed by atoms with E-state index in [-0.39, 0.29) is 12.6 Å². The molecule has 0 radical (unpaired) electrons. The average Bonchev–Trinajstić information content (AvgIpc) is 2.56. The van der Waals surface area contributed by atoms with Gasteiger partial charge in [-0.15, -0.1) is 6.58 Å². The first-order valence-corrected chi connectivity index (χ1v) is 7.04. The molecule has 3 heteroatoms. The minimum atomic E-state index is -0.926. The van der Waals surface area contributed by atoms with E-state index in [1.807, 2.05) is 60.7 Å². The summed E-state index contributed by atoms with van der Waals surface area (Å²) in [4.78, 5) is 0. The summed E-state index contributed by atoms with van der Waals surface area (Å²) < 4.78 is 0. The van der Waals surface area contributed by atoms with Gasteiger partial charge in [0.1, 0.15) is 0 Å². The zero-order valence-corrected chi connectivity index (χ0v) is 11.9. The van der Waals surface area contributed by atoms with E-state index in [2.05, 4.69) is 11.9 Å². The topological polar surface area (TPSA) is 52.5 Å². The van der Waals surface area contributed by atoms with Crippen LogP contribution in [0, 0.1) is 0 Å². The summed E-state index contributed by atoms with van der Waals surface area (Å²) in [5.74, 6) is 0. The van der Waals surface area contributed by atoms with Gasteiger partial charge < -0.3 is 15.5 Å². The van der Waals surface area contributed by atoms with Crippen molar-refractivity contribution >= 4 is 0 Å². The predicted molar refractivity (Wildman–Crippen MR) is 84.9 cm³/mol. The van der Waals surface area contributed by atoms with Crippen LogP contribution in [0.25, 0.3) is 0 Å². The van der Waals surface area contributed by atoms with Crippen LogP contribution in [0.1, 0.15) is 17.2 Å². The lowest BCUT2D eigenvalue weighted by Crippen LogP contribution is -2.37. The van der Waals surface area contributed by atoms with Crippen LogP contribution in [0.15, 0.2) is 73.3 Å². The third kappa shape index (κ3) is 4.26. The molecule has 110 valence electrons. The number of benzene rings is 2. The number of aliphatic hydroxyl groups excluding tert-OH is 2. The van der Waals surface area contributed by atoms with Crippen LogP contribution < -0.4 is 5.32 Å². The molecule has 3 nitrogen and oxygen atoms in total. The SMILES string of the molecule is C=C[C@@H](O)[C@H](O)CNC(c1ccccc1)c1ccccc1. The molecule has 0 aliphatic carbocycles. The molecule has 0 aromatic heterocycles. The number of hydrogen-bond acceptors (Lipinski definition) is 3. The summed E-state index contributed by atoms with van der Waals surface area (Å²) in [6.07, 6.45) is -0.464. The standard InChI is InChI=1S/C18H21NO2/c1-2-16(20)17(21)13-19-18(14-9-5-3-6-10-14)15-11-7-4-8-12-15/h2-12,16-21H,1,13H2/t16-,17-/m1/s1. The van der Waals surface area contributed by atoms with Gasteiger partial charge in [-0.05, 0) is 11.1 Å². The minimum Gasteiger partial charge on any atom is -0.389 e. The van der Waals surface area contributed by atoms with Crippen molar-refractivity contribution in [2.75, 3.05) is 6.54 Å². The van der Waals surface area contributed by atoms with Crippen molar-refractivity contribution in [3.05, 3.63) is 84.4 Å². The van der Waals surface area contributed by atoms with Crippen LogP contribution in [0.5, 0.6) is 0 Å². The fourth-order valence-corrected chi connectivity index (χ4v) is 2.24. The first kappa shape index (κ1) is 15.4. The molecule has 0 saturated carbocycles. The predicted octanol–water partition coefficient (Wildman–Crippen LogP) is 2.27.